The first kappa shape index (κ1) is 13.8. The lowest BCUT2D eigenvalue weighted by Crippen LogP contribution is -2.53. The molecule has 1 saturated heterocycles. The number of nitrogens with one attached hydrogen (secondary N) is 1. The molecule has 1 aliphatic heterocycles. The van der Waals surface area contributed by atoms with E-state index < -0.39 is 0 Å². The minimum atomic E-state index is -0.303. The van der Waals surface area contributed by atoms with Crippen LogP contribution in [-0.2, 0) is 4.74 Å². The van der Waals surface area contributed by atoms with E-state index in [1.165, 1.54) is 6.42 Å². The zero-order valence-electron chi connectivity index (χ0n) is 11.6. The largest absolute Gasteiger partial charge is 0.381 e. The molecule has 2 atom stereocenters. The predicted octanol–water partition coefficient (Wildman–Crippen LogP) is 1.52. The van der Waals surface area contributed by atoms with E-state index in [0.717, 1.165) is 45.3 Å². The highest BCUT2D eigenvalue weighted by atomic mass is 16.5. The standard InChI is InChI=1S/C14H25N3O/c1-16-14(11-15)7-3-4-13(10-14)17(2)12-5-8-18-9-6-12/h12-13,16H,3-10H2,1-2H3. The molecule has 0 spiro atoms. The molecule has 4 heteroatoms. The minimum absolute atomic E-state index is 0.303. The van der Waals surface area contributed by atoms with E-state index in [4.69, 9.17) is 4.74 Å². The van der Waals surface area contributed by atoms with Crippen LogP contribution >= 0.6 is 0 Å². The summed E-state index contributed by atoms with van der Waals surface area (Å²) in [5, 5.41) is 12.6. The van der Waals surface area contributed by atoms with Crippen LogP contribution in [-0.4, -0.2) is 49.8 Å². The average Bonchev–Trinajstić information content (AvgIpc) is 2.47. The predicted molar refractivity (Wildman–Crippen MR) is 71.3 cm³/mol. The van der Waals surface area contributed by atoms with Gasteiger partial charge >= 0.3 is 0 Å². The zero-order valence-corrected chi connectivity index (χ0v) is 11.6. The van der Waals surface area contributed by atoms with Gasteiger partial charge in [0, 0.05) is 25.3 Å². The van der Waals surface area contributed by atoms with Crippen molar-refractivity contribution in [2.75, 3.05) is 27.3 Å². The molecule has 1 saturated carbocycles. The number of nitrogens with zero attached hydrogens (tertiary/aromatic N) is 2. The molecule has 0 radical (unpaired) electrons. The molecule has 0 aromatic heterocycles. The first-order chi connectivity index (χ1) is 8.71. The number of nitriles is 1. The molecule has 2 aliphatic rings. The Hall–Kier alpha value is -0.630. The van der Waals surface area contributed by atoms with Gasteiger partial charge in [0.1, 0.15) is 5.54 Å². The van der Waals surface area contributed by atoms with Gasteiger partial charge in [-0.3, -0.25) is 0 Å². The summed E-state index contributed by atoms with van der Waals surface area (Å²) in [4.78, 5) is 2.51. The molecule has 1 N–H and O–H groups in total. The summed E-state index contributed by atoms with van der Waals surface area (Å²) >= 11 is 0. The van der Waals surface area contributed by atoms with Crippen LogP contribution < -0.4 is 5.32 Å². The minimum Gasteiger partial charge on any atom is -0.381 e. The van der Waals surface area contributed by atoms with E-state index in [0.29, 0.717) is 12.1 Å². The Balaban J connectivity index is 1.97. The Morgan fingerprint density at radius 2 is 2.00 bits per heavy atom. The van der Waals surface area contributed by atoms with Gasteiger partial charge in [-0.25, -0.2) is 0 Å². The van der Waals surface area contributed by atoms with Crippen molar-refractivity contribution in [3.8, 4) is 6.07 Å². The number of rotatable bonds is 3. The molecule has 2 unspecified atom stereocenters. The van der Waals surface area contributed by atoms with Crippen molar-refractivity contribution in [1.82, 2.24) is 10.2 Å². The van der Waals surface area contributed by atoms with Crippen LogP contribution in [0.1, 0.15) is 38.5 Å². The molecular formula is C14H25N3O. The summed E-state index contributed by atoms with van der Waals surface area (Å²) in [6.07, 6.45) is 6.57. The van der Waals surface area contributed by atoms with Gasteiger partial charge < -0.3 is 15.0 Å². The van der Waals surface area contributed by atoms with Gasteiger partial charge in [0.25, 0.3) is 0 Å². The second-order valence-electron chi connectivity index (χ2n) is 5.70. The molecule has 1 heterocycles. The van der Waals surface area contributed by atoms with E-state index in [1.54, 1.807) is 0 Å². The maximum Gasteiger partial charge on any atom is 0.108 e. The zero-order chi connectivity index (χ0) is 13.0. The van der Waals surface area contributed by atoms with Crippen molar-refractivity contribution in [2.24, 2.45) is 0 Å². The maximum atomic E-state index is 9.40. The lowest BCUT2D eigenvalue weighted by molar-refractivity contribution is 0.0162. The molecule has 0 aromatic carbocycles. The van der Waals surface area contributed by atoms with Crippen molar-refractivity contribution in [2.45, 2.75) is 56.1 Å². The van der Waals surface area contributed by atoms with Gasteiger partial charge in [0.2, 0.25) is 0 Å². The van der Waals surface area contributed by atoms with Crippen LogP contribution in [0.15, 0.2) is 0 Å². The quantitative estimate of drug-likeness (QED) is 0.826. The average molecular weight is 251 g/mol. The lowest BCUT2D eigenvalue weighted by Gasteiger charge is -2.43. The Morgan fingerprint density at radius 3 is 2.61 bits per heavy atom. The van der Waals surface area contributed by atoms with Crippen LogP contribution in [0.3, 0.4) is 0 Å². The van der Waals surface area contributed by atoms with Gasteiger partial charge in [-0.05, 0) is 52.6 Å². The van der Waals surface area contributed by atoms with E-state index in [9.17, 15) is 5.26 Å². The van der Waals surface area contributed by atoms with E-state index in [2.05, 4.69) is 23.3 Å². The lowest BCUT2D eigenvalue weighted by atomic mass is 9.79. The molecule has 1 aliphatic carbocycles. The van der Waals surface area contributed by atoms with E-state index in [-0.39, 0.29) is 5.54 Å². The maximum absolute atomic E-state index is 9.40. The van der Waals surface area contributed by atoms with Crippen molar-refractivity contribution in [3.63, 3.8) is 0 Å². The Morgan fingerprint density at radius 1 is 1.28 bits per heavy atom. The molecule has 102 valence electrons. The van der Waals surface area contributed by atoms with E-state index in [1.807, 2.05) is 7.05 Å². The molecule has 0 bridgehead atoms. The molecule has 4 nitrogen and oxygen atoms in total. The first-order valence-electron chi connectivity index (χ1n) is 7.10. The molecule has 0 amide bonds. The van der Waals surface area contributed by atoms with Crippen molar-refractivity contribution in [1.29, 1.82) is 5.26 Å². The molecule has 2 fully saturated rings. The highest BCUT2D eigenvalue weighted by molar-refractivity contribution is 5.10. The fraction of sp³-hybridized carbons (Fsp3) is 0.929. The summed E-state index contributed by atoms with van der Waals surface area (Å²) < 4.78 is 5.43. The summed E-state index contributed by atoms with van der Waals surface area (Å²) in [6, 6.07) is 3.66. The smallest absolute Gasteiger partial charge is 0.108 e. The monoisotopic (exact) mass is 251 g/mol. The van der Waals surface area contributed by atoms with Crippen molar-refractivity contribution >= 4 is 0 Å². The third-order valence-corrected chi connectivity index (χ3v) is 4.76. The normalized spacial score (nSPS) is 34.4. The van der Waals surface area contributed by atoms with Gasteiger partial charge in [-0.15, -0.1) is 0 Å². The van der Waals surface area contributed by atoms with Crippen LogP contribution in [0.2, 0.25) is 0 Å². The second kappa shape index (κ2) is 6.01. The fourth-order valence-corrected chi connectivity index (χ4v) is 3.37. The van der Waals surface area contributed by atoms with E-state index >= 15 is 0 Å². The molecule has 18 heavy (non-hydrogen) atoms. The molecule has 2 rings (SSSR count). The highest BCUT2D eigenvalue weighted by Crippen LogP contribution is 2.32. The van der Waals surface area contributed by atoms with Crippen molar-refractivity contribution in [3.05, 3.63) is 0 Å². The fourth-order valence-electron chi connectivity index (χ4n) is 3.37. The van der Waals surface area contributed by atoms with Gasteiger partial charge in [0.05, 0.1) is 6.07 Å². The second-order valence-corrected chi connectivity index (χ2v) is 5.70. The van der Waals surface area contributed by atoms with Crippen molar-refractivity contribution < 1.29 is 4.74 Å². The summed E-state index contributed by atoms with van der Waals surface area (Å²) in [7, 11) is 4.14. The van der Waals surface area contributed by atoms with Gasteiger partial charge in [0.15, 0.2) is 0 Å². The number of ether oxygens (including phenoxy) is 1. The topological polar surface area (TPSA) is 48.3 Å². The van der Waals surface area contributed by atoms with Crippen LogP contribution in [0.5, 0.6) is 0 Å². The van der Waals surface area contributed by atoms with Crippen LogP contribution in [0, 0.1) is 11.3 Å². The Bertz CT molecular complexity index is 309. The summed E-state index contributed by atoms with van der Waals surface area (Å²) in [5.74, 6) is 0. The third-order valence-electron chi connectivity index (χ3n) is 4.76. The van der Waals surface area contributed by atoms with Crippen LogP contribution in [0.25, 0.3) is 0 Å². The Kier molecular flexibility index (Phi) is 4.60. The van der Waals surface area contributed by atoms with Crippen LogP contribution in [0.4, 0.5) is 0 Å². The first-order valence-corrected chi connectivity index (χ1v) is 7.10. The molecule has 0 aromatic rings. The summed E-state index contributed by atoms with van der Waals surface area (Å²) in [5.41, 5.74) is -0.303. The Labute approximate surface area is 110 Å². The highest BCUT2D eigenvalue weighted by Gasteiger charge is 2.38. The SMILES string of the molecule is CNC1(C#N)CCCC(N(C)C2CCOCC2)C1. The number of hydrogen-bond acceptors (Lipinski definition) is 4. The van der Waals surface area contributed by atoms with Gasteiger partial charge in [-0.2, -0.15) is 5.26 Å². The van der Waals surface area contributed by atoms with Gasteiger partial charge in [-0.1, -0.05) is 0 Å². The summed E-state index contributed by atoms with van der Waals surface area (Å²) in [6.45, 7) is 1.77. The molecular weight excluding hydrogens is 226 g/mol. The number of hydrogen-bond donors (Lipinski definition) is 1. The third kappa shape index (κ3) is 2.85.